The van der Waals surface area contributed by atoms with E-state index in [0.717, 1.165) is 0 Å². The number of rotatable bonds is 5. The van der Waals surface area contributed by atoms with Crippen LogP contribution >= 0.6 is 12.2 Å². The fourth-order valence-corrected chi connectivity index (χ4v) is 3.84. The lowest BCUT2D eigenvalue weighted by Crippen LogP contribution is -2.40. The van der Waals surface area contributed by atoms with E-state index in [-0.39, 0.29) is 16.0 Å². The molecule has 0 amide bonds. The van der Waals surface area contributed by atoms with E-state index >= 15 is 0 Å². The number of ether oxygens (including phenoxy) is 1. The molecule has 0 unspecified atom stereocenters. The van der Waals surface area contributed by atoms with E-state index in [2.05, 4.69) is 4.98 Å². The van der Waals surface area contributed by atoms with Crippen molar-refractivity contribution in [1.82, 2.24) is 9.29 Å². The van der Waals surface area contributed by atoms with Crippen molar-refractivity contribution < 1.29 is 13.2 Å². The van der Waals surface area contributed by atoms with Crippen LogP contribution in [0, 0.1) is 0 Å². The average molecular weight is 329 g/mol. The number of pyridine rings is 1. The molecule has 2 rings (SSSR count). The number of piperidine rings is 1. The Kier molecular flexibility index (Phi) is 5.26. The summed E-state index contributed by atoms with van der Waals surface area (Å²) in [6.45, 7) is 3.52. The van der Waals surface area contributed by atoms with Crippen molar-refractivity contribution in [3.8, 4) is 0 Å². The molecule has 0 bridgehead atoms. The highest BCUT2D eigenvalue weighted by Gasteiger charge is 2.29. The highest BCUT2D eigenvalue weighted by Crippen LogP contribution is 2.21. The molecular weight excluding hydrogens is 310 g/mol. The third-order valence-corrected chi connectivity index (χ3v) is 5.52. The Hall–Kier alpha value is -1.09. The molecule has 0 saturated carbocycles. The lowest BCUT2D eigenvalue weighted by atomic mass is 10.1. The minimum Gasteiger partial charge on any atom is -0.388 e. The van der Waals surface area contributed by atoms with Gasteiger partial charge in [0.2, 0.25) is 10.0 Å². The standard InChI is InChI=1S/C13H19N3O3S2/c1-2-19-10-5-7-16(8-6-10)21(17,18)11-3-4-12(13(14)20)15-9-11/h3-4,9-10H,2,5-8H2,1H3,(H2,14,20). The number of sulfonamides is 1. The third-order valence-electron chi connectivity index (χ3n) is 3.43. The van der Waals surface area contributed by atoms with Gasteiger partial charge in [0.25, 0.3) is 0 Å². The zero-order valence-corrected chi connectivity index (χ0v) is 13.5. The zero-order chi connectivity index (χ0) is 15.5. The van der Waals surface area contributed by atoms with E-state index in [1.165, 1.54) is 22.6 Å². The first-order valence-corrected chi connectivity index (χ1v) is 8.67. The number of aromatic nitrogens is 1. The van der Waals surface area contributed by atoms with Crippen molar-refractivity contribution in [2.45, 2.75) is 30.8 Å². The minimum atomic E-state index is -3.51. The van der Waals surface area contributed by atoms with Gasteiger partial charge in [0.15, 0.2) is 0 Å². The van der Waals surface area contributed by atoms with Gasteiger partial charge in [-0.05, 0) is 31.9 Å². The van der Waals surface area contributed by atoms with Gasteiger partial charge in [0.05, 0.1) is 11.8 Å². The summed E-state index contributed by atoms with van der Waals surface area (Å²) in [5.41, 5.74) is 5.87. The van der Waals surface area contributed by atoms with E-state index < -0.39 is 10.0 Å². The van der Waals surface area contributed by atoms with Crippen LogP contribution in [0.3, 0.4) is 0 Å². The van der Waals surface area contributed by atoms with E-state index in [4.69, 9.17) is 22.7 Å². The van der Waals surface area contributed by atoms with Crippen molar-refractivity contribution in [1.29, 1.82) is 0 Å². The Bertz CT molecular complexity index is 594. The summed E-state index contributed by atoms with van der Waals surface area (Å²) in [5.74, 6) is 0. The fourth-order valence-electron chi connectivity index (χ4n) is 2.30. The van der Waals surface area contributed by atoms with Crippen LogP contribution < -0.4 is 5.73 Å². The summed E-state index contributed by atoms with van der Waals surface area (Å²) in [7, 11) is -3.51. The summed E-state index contributed by atoms with van der Waals surface area (Å²) in [6, 6.07) is 3.02. The Balaban J connectivity index is 2.10. The van der Waals surface area contributed by atoms with Gasteiger partial charge in [0.1, 0.15) is 9.88 Å². The first-order valence-electron chi connectivity index (χ1n) is 6.82. The van der Waals surface area contributed by atoms with Gasteiger partial charge in [0, 0.05) is 25.9 Å². The largest absolute Gasteiger partial charge is 0.388 e. The number of nitrogens with zero attached hydrogens (tertiary/aromatic N) is 2. The molecule has 1 saturated heterocycles. The molecule has 0 radical (unpaired) electrons. The predicted molar refractivity (Wildman–Crippen MR) is 83.5 cm³/mol. The zero-order valence-electron chi connectivity index (χ0n) is 11.9. The molecule has 0 aromatic carbocycles. The number of nitrogens with two attached hydrogens (primary N) is 1. The maximum absolute atomic E-state index is 12.5. The molecular formula is C13H19N3O3S2. The molecule has 2 N–H and O–H groups in total. The molecule has 1 aliphatic rings. The van der Waals surface area contributed by atoms with Crippen LogP contribution in [0.5, 0.6) is 0 Å². The van der Waals surface area contributed by atoms with Crippen molar-refractivity contribution in [3.05, 3.63) is 24.0 Å². The van der Waals surface area contributed by atoms with Crippen LogP contribution in [-0.4, -0.2) is 48.5 Å². The molecule has 1 aromatic rings. The fraction of sp³-hybridized carbons (Fsp3) is 0.538. The van der Waals surface area contributed by atoms with Crippen LogP contribution in [0.25, 0.3) is 0 Å². The predicted octanol–water partition coefficient (Wildman–Crippen LogP) is 0.905. The maximum Gasteiger partial charge on any atom is 0.244 e. The smallest absolute Gasteiger partial charge is 0.244 e. The lowest BCUT2D eigenvalue weighted by Gasteiger charge is -2.30. The Morgan fingerprint density at radius 1 is 1.48 bits per heavy atom. The molecule has 8 heteroatoms. The molecule has 21 heavy (non-hydrogen) atoms. The van der Waals surface area contributed by atoms with Gasteiger partial charge in [-0.25, -0.2) is 8.42 Å². The molecule has 116 valence electrons. The normalized spacial score (nSPS) is 17.8. The Labute approximate surface area is 130 Å². The number of hydrogen-bond acceptors (Lipinski definition) is 5. The highest BCUT2D eigenvalue weighted by atomic mass is 32.2. The van der Waals surface area contributed by atoms with Crippen molar-refractivity contribution >= 4 is 27.2 Å². The molecule has 1 aliphatic heterocycles. The van der Waals surface area contributed by atoms with Gasteiger partial charge in [-0.3, -0.25) is 4.98 Å². The average Bonchev–Trinajstić information content (AvgIpc) is 2.48. The molecule has 0 aliphatic carbocycles. The molecule has 1 aromatic heterocycles. The van der Waals surface area contributed by atoms with Gasteiger partial charge in [-0.15, -0.1) is 0 Å². The van der Waals surface area contributed by atoms with Crippen LogP contribution in [0.15, 0.2) is 23.2 Å². The monoisotopic (exact) mass is 329 g/mol. The van der Waals surface area contributed by atoms with Crippen LogP contribution in [0.4, 0.5) is 0 Å². The van der Waals surface area contributed by atoms with E-state index in [0.29, 0.717) is 38.2 Å². The molecule has 1 fully saturated rings. The molecule has 2 heterocycles. The molecule has 0 spiro atoms. The second kappa shape index (κ2) is 6.78. The van der Waals surface area contributed by atoms with Gasteiger partial charge >= 0.3 is 0 Å². The topological polar surface area (TPSA) is 85.5 Å². The van der Waals surface area contributed by atoms with E-state index in [1.807, 2.05) is 6.92 Å². The number of hydrogen-bond donors (Lipinski definition) is 1. The summed E-state index contributed by atoms with van der Waals surface area (Å²) in [6.07, 6.45) is 2.88. The first-order chi connectivity index (χ1) is 9.95. The van der Waals surface area contributed by atoms with Crippen molar-refractivity contribution in [2.24, 2.45) is 5.73 Å². The summed E-state index contributed by atoms with van der Waals surface area (Å²) in [5, 5.41) is 0. The minimum absolute atomic E-state index is 0.150. The first kappa shape index (κ1) is 16.3. The molecule has 6 nitrogen and oxygen atoms in total. The maximum atomic E-state index is 12.5. The highest BCUT2D eigenvalue weighted by molar-refractivity contribution is 7.89. The molecule has 0 atom stereocenters. The second-order valence-corrected chi connectivity index (χ2v) is 7.18. The quantitative estimate of drug-likeness (QED) is 0.808. The third kappa shape index (κ3) is 3.76. The summed E-state index contributed by atoms with van der Waals surface area (Å²) in [4.78, 5) is 4.30. The SMILES string of the molecule is CCOC1CCN(S(=O)(=O)c2ccc(C(N)=S)nc2)CC1. The van der Waals surface area contributed by atoms with Gasteiger partial charge in [-0.2, -0.15) is 4.31 Å². The van der Waals surface area contributed by atoms with Crippen molar-refractivity contribution in [2.75, 3.05) is 19.7 Å². The summed E-state index contributed by atoms with van der Waals surface area (Å²) < 4.78 is 32.0. The Morgan fingerprint density at radius 2 is 2.14 bits per heavy atom. The summed E-state index contributed by atoms with van der Waals surface area (Å²) >= 11 is 4.80. The van der Waals surface area contributed by atoms with Crippen LogP contribution in [0.1, 0.15) is 25.5 Å². The second-order valence-electron chi connectivity index (χ2n) is 4.80. The number of thiocarbonyl (C=S) groups is 1. The van der Waals surface area contributed by atoms with Crippen molar-refractivity contribution in [3.63, 3.8) is 0 Å². The van der Waals surface area contributed by atoms with E-state index in [9.17, 15) is 8.42 Å². The Morgan fingerprint density at radius 3 is 2.62 bits per heavy atom. The van der Waals surface area contributed by atoms with Gasteiger partial charge in [-0.1, -0.05) is 12.2 Å². The lowest BCUT2D eigenvalue weighted by molar-refractivity contribution is 0.0290. The van der Waals surface area contributed by atoms with Gasteiger partial charge < -0.3 is 10.5 Å². The van der Waals surface area contributed by atoms with Crippen LogP contribution in [-0.2, 0) is 14.8 Å². The van der Waals surface area contributed by atoms with E-state index in [1.54, 1.807) is 0 Å². The van der Waals surface area contributed by atoms with Crippen LogP contribution in [0.2, 0.25) is 0 Å².